The zero-order valence-electron chi connectivity index (χ0n) is 10.9. The minimum Gasteiger partial charge on any atom is -0.310 e. The van der Waals surface area contributed by atoms with Crippen LogP contribution < -0.4 is 10.8 Å². The Morgan fingerprint density at radius 1 is 1.24 bits per heavy atom. The first-order valence-electron chi connectivity index (χ1n) is 6.12. The summed E-state index contributed by atoms with van der Waals surface area (Å²) in [7, 11) is 5.63. The highest BCUT2D eigenvalue weighted by Crippen LogP contribution is 2.10. The van der Waals surface area contributed by atoms with Crippen molar-refractivity contribution in [1.29, 1.82) is 0 Å². The molecule has 0 bridgehead atoms. The molecule has 3 heteroatoms. The number of Topliss-reactive ketones (excluding diaryl/α,β-unsaturated/α-hetero) is 1. The minimum atomic E-state index is 0.128. The van der Waals surface area contributed by atoms with Crippen molar-refractivity contribution in [2.75, 3.05) is 6.54 Å². The van der Waals surface area contributed by atoms with Gasteiger partial charge in [0.15, 0.2) is 0 Å². The third kappa shape index (κ3) is 4.74. The first kappa shape index (κ1) is 14.0. The van der Waals surface area contributed by atoms with Crippen LogP contribution in [0.15, 0.2) is 24.3 Å². The smallest absolute Gasteiger partial charge is 0.136 e. The van der Waals surface area contributed by atoms with Crippen molar-refractivity contribution in [2.24, 2.45) is 5.92 Å². The van der Waals surface area contributed by atoms with Crippen LogP contribution in [-0.4, -0.2) is 20.2 Å². The summed E-state index contributed by atoms with van der Waals surface area (Å²) in [5, 5.41) is 3.34. The molecule has 1 aromatic rings. The predicted octanol–water partition coefficient (Wildman–Crippen LogP) is 1.75. The first-order valence-corrected chi connectivity index (χ1v) is 6.12. The van der Waals surface area contributed by atoms with Gasteiger partial charge in [0.1, 0.15) is 13.6 Å². The molecule has 0 aliphatic carbocycles. The molecule has 0 aliphatic heterocycles. The molecule has 2 nitrogen and oxygen atoms in total. The van der Waals surface area contributed by atoms with Gasteiger partial charge in [0, 0.05) is 24.9 Å². The number of carbonyl (C=O) groups is 1. The summed E-state index contributed by atoms with van der Waals surface area (Å²) in [6.45, 7) is 6.69. The monoisotopic (exact) mass is 229 g/mol. The summed E-state index contributed by atoms with van der Waals surface area (Å²) < 4.78 is 0. The largest absolute Gasteiger partial charge is 0.310 e. The van der Waals surface area contributed by atoms with Gasteiger partial charge in [0.25, 0.3) is 0 Å². The molecule has 0 spiro atoms. The lowest BCUT2D eigenvalue weighted by Gasteiger charge is -2.14. The zero-order valence-corrected chi connectivity index (χ0v) is 10.9. The Morgan fingerprint density at radius 2 is 1.82 bits per heavy atom. The second kappa shape index (κ2) is 6.60. The average molecular weight is 229 g/mol. The van der Waals surface area contributed by atoms with Crippen LogP contribution in [0.25, 0.3) is 0 Å². The number of hydrogen-bond acceptors (Lipinski definition) is 2. The topological polar surface area (TPSA) is 29.1 Å². The van der Waals surface area contributed by atoms with E-state index in [1.165, 1.54) is 5.56 Å². The van der Waals surface area contributed by atoms with Gasteiger partial charge in [0.2, 0.25) is 0 Å². The van der Waals surface area contributed by atoms with Crippen LogP contribution in [0.4, 0.5) is 0 Å². The van der Waals surface area contributed by atoms with E-state index in [0.717, 1.165) is 12.0 Å². The minimum absolute atomic E-state index is 0.128. The first-order chi connectivity index (χ1) is 8.00. The van der Waals surface area contributed by atoms with Gasteiger partial charge in [-0.2, -0.15) is 0 Å². The average Bonchev–Trinajstić information content (AvgIpc) is 2.29. The Morgan fingerprint density at radius 3 is 2.35 bits per heavy atom. The lowest BCUT2D eigenvalue weighted by atomic mass is 9.94. The predicted molar refractivity (Wildman–Crippen MR) is 72.7 cm³/mol. The molecule has 2 radical (unpaired) electrons. The second-order valence-corrected chi connectivity index (χ2v) is 4.71. The summed E-state index contributed by atoms with van der Waals surface area (Å²) in [6, 6.07) is 8.06. The molecule has 0 saturated heterocycles. The summed E-state index contributed by atoms with van der Waals surface area (Å²) in [4.78, 5) is 11.4. The molecule has 0 fully saturated rings. The number of benzene rings is 1. The van der Waals surface area contributed by atoms with E-state index in [0.29, 0.717) is 12.2 Å². The van der Waals surface area contributed by atoms with Crippen LogP contribution in [0.2, 0.25) is 0 Å². The van der Waals surface area contributed by atoms with Crippen molar-refractivity contribution in [3.63, 3.8) is 0 Å². The van der Waals surface area contributed by atoms with Gasteiger partial charge in [0.05, 0.1) is 0 Å². The van der Waals surface area contributed by atoms with E-state index in [2.05, 4.69) is 12.2 Å². The third-order valence-electron chi connectivity index (χ3n) is 2.90. The van der Waals surface area contributed by atoms with E-state index in [1.807, 2.05) is 38.1 Å². The van der Waals surface area contributed by atoms with Crippen molar-refractivity contribution < 1.29 is 4.79 Å². The summed E-state index contributed by atoms with van der Waals surface area (Å²) in [5.41, 5.74) is 1.96. The molecule has 0 heterocycles. The Bertz CT molecular complexity index is 359. The Balaban J connectivity index is 2.37. The molecule has 17 heavy (non-hydrogen) atoms. The number of nitrogens with one attached hydrogen (secondary N) is 1. The number of ketones is 1. The van der Waals surface area contributed by atoms with Crippen LogP contribution in [0.3, 0.4) is 0 Å². The maximum atomic E-state index is 11.4. The molecule has 0 saturated carbocycles. The van der Waals surface area contributed by atoms with Gasteiger partial charge < -0.3 is 5.32 Å². The maximum absolute atomic E-state index is 11.4. The van der Waals surface area contributed by atoms with Crippen molar-refractivity contribution in [2.45, 2.75) is 33.2 Å². The Kier molecular flexibility index (Phi) is 5.43. The molecule has 1 atom stereocenters. The normalized spacial score (nSPS) is 12.7. The Labute approximate surface area is 105 Å². The van der Waals surface area contributed by atoms with Gasteiger partial charge in [-0.1, -0.05) is 43.6 Å². The van der Waals surface area contributed by atoms with Crippen molar-refractivity contribution in [3.8, 4) is 0 Å². The standard InChI is InChI=1S/C14H20BNO/c1-10(2)14(17)8-9-16-11(3)12-4-6-13(15)7-5-12/h4-7,10-11,16H,8-9H2,1-3H3/t11-/m0/s1. The van der Waals surface area contributed by atoms with Crippen LogP contribution in [-0.2, 0) is 4.79 Å². The molecule has 0 amide bonds. The van der Waals surface area contributed by atoms with Crippen molar-refractivity contribution in [3.05, 3.63) is 29.8 Å². The molecular formula is C14H20BNO. The fourth-order valence-corrected chi connectivity index (χ4v) is 1.60. The van der Waals surface area contributed by atoms with E-state index < -0.39 is 0 Å². The third-order valence-corrected chi connectivity index (χ3v) is 2.90. The van der Waals surface area contributed by atoms with E-state index in [9.17, 15) is 4.79 Å². The summed E-state index contributed by atoms with van der Waals surface area (Å²) in [6.07, 6.45) is 0.594. The number of rotatable bonds is 6. The van der Waals surface area contributed by atoms with E-state index in [1.54, 1.807) is 0 Å². The lowest BCUT2D eigenvalue weighted by molar-refractivity contribution is -0.121. The molecule has 1 aromatic carbocycles. The molecule has 0 aromatic heterocycles. The summed E-state index contributed by atoms with van der Waals surface area (Å²) >= 11 is 0. The Hall–Kier alpha value is -1.09. The maximum Gasteiger partial charge on any atom is 0.136 e. The van der Waals surface area contributed by atoms with Crippen LogP contribution in [0, 0.1) is 5.92 Å². The van der Waals surface area contributed by atoms with E-state index in [4.69, 9.17) is 7.85 Å². The van der Waals surface area contributed by atoms with Crippen LogP contribution in [0.1, 0.15) is 38.8 Å². The van der Waals surface area contributed by atoms with E-state index >= 15 is 0 Å². The molecular weight excluding hydrogens is 209 g/mol. The number of carbonyl (C=O) groups excluding carboxylic acids is 1. The molecule has 90 valence electrons. The van der Waals surface area contributed by atoms with Gasteiger partial charge >= 0.3 is 0 Å². The van der Waals surface area contributed by atoms with Gasteiger partial charge in [-0.05, 0) is 12.5 Å². The zero-order chi connectivity index (χ0) is 12.8. The van der Waals surface area contributed by atoms with Crippen LogP contribution >= 0.6 is 0 Å². The lowest BCUT2D eigenvalue weighted by Crippen LogP contribution is -2.23. The quantitative estimate of drug-likeness (QED) is 0.753. The molecule has 0 aliphatic rings. The highest BCUT2D eigenvalue weighted by molar-refractivity contribution is 6.32. The fraction of sp³-hybridized carbons (Fsp3) is 0.500. The molecule has 1 N–H and O–H groups in total. The highest BCUT2D eigenvalue weighted by atomic mass is 16.1. The molecule has 0 unspecified atom stereocenters. The van der Waals surface area contributed by atoms with E-state index in [-0.39, 0.29) is 12.0 Å². The SMILES string of the molecule is [B]c1ccc([C@H](C)NCCC(=O)C(C)C)cc1. The van der Waals surface area contributed by atoms with Gasteiger partial charge in [-0.15, -0.1) is 0 Å². The highest BCUT2D eigenvalue weighted by Gasteiger charge is 2.08. The fourth-order valence-electron chi connectivity index (χ4n) is 1.60. The second-order valence-electron chi connectivity index (χ2n) is 4.71. The summed E-state index contributed by atoms with van der Waals surface area (Å²) in [5.74, 6) is 0.436. The molecule has 1 rings (SSSR count). The van der Waals surface area contributed by atoms with Gasteiger partial charge in [-0.3, -0.25) is 4.79 Å². The van der Waals surface area contributed by atoms with Crippen LogP contribution in [0.5, 0.6) is 0 Å². The number of hydrogen-bond donors (Lipinski definition) is 1. The van der Waals surface area contributed by atoms with Crippen molar-refractivity contribution >= 4 is 19.1 Å². The van der Waals surface area contributed by atoms with Gasteiger partial charge in [-0.25, -0.2) is 0 Å². The van der Waals surface area contributed by atoms with Crippen molar-refractivity contribution in [1.82, 2.24) is 5.32 Å².